The lowest BCUT2D eigenvalue weighted by molar-refractivity contribution is 0.234. The molecule has 5 nitrogen and oxygen atoms in total. The standard InChI is InChI=1S/C16H12F2N2O3S2/c1-10-4-2-3-5-13(10)14-19-20-16(23-14)24-11-6-8-12(9-7-11)25(21,22)15(17)18/h2-9,15H,1H3. The first-order chi connectivity index (χ1) is 11.9. The highest BCUT2D eigenvalue weighted by Crippen LogP contribution is 2.31. The molecule has 0 aliphatic carbocycles. The van der Waals surface area contributed by atoms with Crippen molar-refractivity contribution in [1.29, 1.82) is 0 Å². The van der Waals surface area contributed by atoms with Crippen molar-refractivity contribution in [2.75, 3.05) is 0 Å². The second-order valence-corrected chi connectivity index (χ2v) is 8.01. The molecule has 9 heteroatoms. The molecule has 0 radical (unpaired) electrons. The van der Waals surface area contributed by atoms with Crippen LogP contribution in [0.25, 0.3) is 11.5 Å². The molecule has 0 saturated carbocycles. The minimum absolute atomic E-state index is 0.266. The maximum atomic E-state index is 12.5. The fourth-order valence-corrected chi connectivity index (χ4v) is 3.47. The van der Waals surface area contributed by atoms with E-state index in [1.807, 2.05) is 31.2 Å². The summed E-state index contributed by atoms with van der Waals surface area (Å²) in [5.74, 6) is -3.07. The van der Waals surface area contributed by atoms with Crippen LogP contribution in [0.2, 0.25) is 0 Å². The number of rotatable bonds is 5. The third-order valence-corrected chi connectivity index (χ3v) is 5.62. The molecular formula is C16H12F2N2O3S2. The van der Waals surface area contributed by atoms with Crippen molar-refractivity contribution < 1.29 is 21.6 Å². The summed E-state index contributed by atoms with van der Waals surface area (Å²) in [5.41, 5.74) is 1.81. The summed E-state index contributed by atoms with van der Waals surface area (Å²) in [6, 6.07) is 12.6. The Morgan fingerprint density at radius 2 is 1.72 bits per heavy atom. The van der Waals surface area contributed by atoms with Gasteiger partial charge in [0, 0.05) is 10.5 Å². The summed E-state index contributed by atoms with van der Waals surface area (Å²) in [6.45, 7) is 1.93. The highest BCUT2D eigenvalue weighted by Gasteiger charge is 2.26. The molecule has 1 aromatic heterocycles. The molecule has 3 aromatic rings. The van der Waals surface area contributed by atoms with E-state index in [1.54, 1.807) is 0 Å². The van der Waals surface area contributed by atoms with Gasteiger partial charge in [0.05, 0.1) is 4.90 Å². The first-order valence-corrected chi connectivity index (χ1v) is 9.43. The second-order valence-electron chi connectivity index (χ2n) is 5.07. The first-order valence-electron chi connectivity index (χ1n) is 7.07. The molecule has 0 bridgehead atoms. The number of halogens is 2. The molecule has 0 aliphatic heterocycles. The van der Waals surface area contributed by atoms with Crippen LogP contribution in [0.4, 0.5) is 8.78 Å². The number of benzene rings is 2. The highest BCUT2D eigenvalue weighted by molar-refractivity contribution is 7.99. The number of sulfone groups is 1. The Morgan fingerprint density at radius 1 is 1.04 bits per heavy atom. The van der Waals surface area contributed by atoms with Gasteiger partial charge in [0.15, 0.2) is 0 Å². The predicted molar refractivity (Wildman–Crippen MR) is 88.2 cm³/mol. The SMILES string of the molecule is Cc1ccccc1-c1nnc(Sc2ccc(S(=O)(=O)C(F)F)cc2)o1. The zero-order valence-electron chi connectivity index (χ0n) is 12.9. The quantitative estimate of drug-likeness (QED) is 0.659. The topological polar surface area (TPSA) is 73.1 Å². The normalized spacial score (nSPS) is 11.8. The van der Waals surface area contributed by atoms with Crippen molar-refractivity contribution in [3.05, 3.63) is 54.1 Å². The van der Waals surface area contributed by atoms with E-state index in [1.165, 1.54) is 12.1 Å². The Kier molecular flexibility index (Phi) is 4.87. The van der Waals surface area contributed by atoms with E-state index >= 15 is 0 Å². The Labute approximate surface area is 147 Å². The summed E-state index contributed by atoms with van der Waals surface area (Å²) >= 11 is 1.11. The van der Waals surface area contributed by atoms with Crippen LogP contribution in [0.1, 0.15) is 5.56 Å². The molecular weight excluding hydrogens is 370 g/mol. The number of hydrogen-bond acceptors (Lipinski definition) is 6. The van der Waals surface area contributed by atoms with Gasteiger partial charge in [0.1, 0.15) is 0 Å². The van der Waals surface area contributed by atoms with Gasteiger partial charge in [0.25, 0.3) is 5.22 Å². The number of aryl methyl sites for hydroxylation is 1. The third-order valence-electron chi connectivity index (χ3n) is 3.37. The average Bonchev–Trinajstić information content (AvgIpc) is 3.04. The largest absolute Gasteiger partial charge is 0.411 e. The number of alkyl halides is 2. The van der Waals surface area contributed by atoms with Crippen LogP contribution in [0.3, 0.4) is 0 Å². The zero-order valence-corrected chi connectivity index (χ0v) is 14.5. The average molecular weight is 382 g/mol. The minimum Gasteiger partial charge on any atom is -0.411 e. The zero-order chi connectivity index (χ0) is 18.0. The molecule has 2 aromatic carbocycles. The molecule has 25 heavy (non-hydrogen) atoms. The van der Waals surface area contributed by atoms with Gasteiger partial charge in [-0.15, -0.1) is 10.2 Å². The maximum absolute atomic E-state index is 12.5. The van der Waals surface area contributed by atoms with E-state index in [4.69, 9.17) is 4.42 Å². The molecule has 0 aliphatic rings. The van der Waals surface area contributed by atoms with Crippen molar-refractivity contribution in [2.24, 2.45) is 0 Å². The first kappa shape index (κ1) is 17.6. The molecule has 0 atom stereocenters. The van der Waals surface area contributed by atoms with Crippen molar-refractivity contribution in [2.45, 2.75) is 27.7 Å². The van der Waals surface area contributed by atoms with Crippen LogP contribution < -0.4 is 0 Å². The minimum atomic E-state index is -4.60. The smallest absolute Gasteiger partial charge is 0.341 e. The summed E-state index contributed by atoms with van der Waals surface area (Å²) in [6.07, 6.45) is 0. The summed E-state index contributed by atoms with van der Waals surface area (Å²) in [5, 5.41) is 8.19. The summed E-state index contributed by atoms with van der Waals surface area (Å²) in [4.78, 5) is 0.158. The van der Waals surface area contributed by atoms with E-state index in [9.17, 15) is 17.2 Å². The van der Waals surface area contributed by atoms with Gasteiger partial charge >= 0.3 is 5.76 Å². The third kappa shape index (κ3) is 3.72. The van der Waals surface area contributed by atoms with Crippen molar-refractivity contribution in [3.8, 4) is 11.5 Å². The van der Waals surface area contributed by atoms with Crippen LogP contribution in [-0.4, -0.2) is 24.4 Å². The summed E-state index contributed by atoms with van der Waals surface area (Å²) in [7, 11) is -4.60. The molecule has 0 fully saturated rings. The van der Waals surface area contributed by atoms with Gasteiger partial charge in [-0.3, -0.25) is 0 Å². The van der Waals surface area contributed by atoms with E-state index in [0.29, 0.717) is 10.8 Å². The Hall–Kier alpha value is -2.26. The van der Waals surface area contributed by atoms with Gasteiger partial charge in [0.2, 0.25) is 15.7 Å². The molecule has 3 rings (SSSR count). The van der Waals surface area contributed by atoms with Crippen LogP contribution in [0.15, 0.2) is 68.0 Å². The van der Waals surface area contributed by atoms with Crippen molar-refractivity contribution >= 4 is 21.6 Å². The van der Waals surface area contributed by atoms with Gasteiger partial charge in [-0.2, -0.15) is 8.78 Å². The molecule has 0 unspecified atom stereocenters. The maximum Gasteiger partial charge on any atom is 0.341 e. The van der Waals surface area contributed by atoms with Gasteiger partial charge in [-0.25, -0.2) is 8.42 Å². The molecule has 0 spiro atoms. The second kappa shape index (κ2) is 6.93. The van der Waals surface area contributed by atoms with E-state index in [2.05, 4.69) is 10.2 Å². The Balaban J connectivity index is 1.79. The molecule has 0 saturated heterocycles. The lowest BCUT2D eigenvalue weighted by Crippen LogP contribution is -2.10. The Bertz CT molecular complexity index is 987. The van der Waals surface area contributed by atoms with Gasteiger partial charge in [-0.05, 0) is 54.6 Å². The number of nitrogens with zero attached hydrogens (tertiary/aromatic N) is 2. The fraction of sp³-hybridized carbons (Fsp3) is 0.125. The lowest BCUT2D eigenvalue weighted by Gasteiger charge is -2.03. The van der Waals surface area contributed by atoms with Crippen molar-refractivity contribution in [1.82, 2.24) is 10.2 Å². The Morgan fingerprint density at radius 3 is 2.36 bits per heavy atom. The van der Waals surface area contributed by atoms with Crippen LogP contribution in [-0.2, 0) is 9.84 Å². The monoisotopic (exact) mass is 382 g/mol. The van der Waals surface area contributed by atoms with E-state index in [-0.39, 0.29) is 5.22 Å². The fourth-order valence-electron chi connectivity index (χ4n) is 2.07. The number of hydrogen-bond donors (Lipinski definition) is 0. The summed E-state index contributed by atoms with van der Waals surface area (Å²) < 4.78 is 53.4. The highest BCUT2D eigenvalue weighted by atomic mass is 32.2. The number of aromatic nitrogens is 2. The lowest BCUT2D eigenvalue weighted by atomic mass is 10.1. The van der Waals surface area contributed by atoms with Gasteiger partial charge in [-0.1, -0.05) is 18.2 Å². The molecule has 0 amide bonds. The molecule has 0 N–H and O–H groups in total. The van der Waals surface area contributed by atoms with Crippen LogP contribution >= 0.6 is 11.8 Å². The molecule has 130 valence electrons. The van der Waals surface area contributed by atoms with E-state index in [0.717, 1.165) is 35.0 Å². The van der Waals surface area contributed by atoms with Crippen molar-refractivity contribution in [3.63, 3.8) is 0 Å². The van der Waals surface area contributed by atoms with Crippen LogP contribution in [0.5, 0.6) is 0 Å². The van der Waals surface area contributed by atoms with E-state index < -0.39 is 20.5 Å². The van der Waals surface area contributed by atoms with Crippen LogP contribution in [0, 0.1) is 6.92 Å². The predicted octanol–water partition coefficient (Wildman–Crippen LogP) is 4.19. The molecule has 1 heterocycles. The van der Waals surface area contributed by atoms with Gasteiger partial charge < -0.3 is 4.42 Å².